The zero-order chi connectivity index (χ0) is 12.6. The maximum Gasteiger partial charge on any atom is 0.190 e. The molecule has 0 aliphatic carbocycles. The van der Waals surface area contributed by atoms with E-state index in [1.807, 2.05) is 12.4 Å². The standard InChI is InChI=1S/C16H21N2/c1-2-3-5-10-16-14-18(12-11-17-16)13-15-8-6-4-7-9-15/h4,6-9,11-12,14H,2-3,5,10,13H2,1H3/q+1. The third-order valence-electron chi connectivity index (χ3n) is 3.06. The predicted molar refractivity (Wildman–Crippen MR) is 73.2 cm³/mol. The molecule has 2 heteroatoms. The Hall–Kier alpha value is -1.70. The minimum absolute atomic E-state index is 0.921. The van der Waals surface area contributed by atoms with Crippen LogP contribution < -0.4 is 4.57 Å². The Morgan fingerprint density at radius 3 is 2.72 bits per heavy atom. The average Bonchev–Trinajstić information content (AvgIpc) is 2.41. The second-order valence-corrected chi connectivity index (χ2v) is 4.66. The summed E-state index contributed by atoms with van der Waals surface area (Å²) in [6, 6.07) is 10.5. The minimum atomic E-state index is 0.921. The first-order chi connectivity index (χ1) is 8.88. The van der Waals surface area contributed by atoms with Crippen molar-refractivity contribution in [2.45, 2.75) is 39.2 Å². The number of aromatic nitrogens is 2. The van der Waals surface area contributed by atoms with Gasteiger partial charge in [0.1, 0.15) is 5.69 Å². The van der Waals surface area contributed by atoms with Gasteiger partial charge in [-0.15, -0.1) is 0 Å². The van der Waals surface area contributed by atoms with Crippen LogP contribution in [-0.4, -0.2) is 4.98 Å². The van der Waals surface area contributed by atoms with Gasteiger partial charge in [-0.2, -0.15) is 4.57 Å². The van der Waals surface area contributed by atoms with Crippen LogP contribution in [0, 0.1) is 0 Å². The summed E-state index contributed by atoms with van der Waals surface area (Å²) in [7, 11) is 0. The molecule has 0 radical (unpaired) electrons. The van der Waals surface area contributed by atoms with Gasteiger partial charge in [-0.1, -0.05) is 50.1 Å². The molecule has 2 nitrogen and oxygen atoms in total. The van der Waals surface area contributed by atoms with Crippen molar-refractivity contribution in [3.05, 3.63) is 60.2 Å². The normalized spacial score (nSPS) is 10.5. The number of hydrogen-bond donors (Lipinski definition) is 0. The Bertz CT molecular complexity index is 466. The molecule has 1 heterocycles. The zero-order valence-electron chi connectivity index (χ0n) is 11.0. The van der Waals surface area contributed by atoms with Crippen LogP contribution in [0.2, 0.25) is 0 Å². The van der Waals surface area contributed by atoms with E-state index in [-0.39, 0.29) is 0 Å². The molecule has 0 aliphatic rings. The lowest BCUT2D eigenvalue weighted by Gasteiger charge is -2.00. The summed E-state index contributed by atoms with van der Waals surface area (Å²) >= 11 is 0. The first kappa shape index (κ1) is 12.7. The third-order valence-corrected chi connectivity index (χ3v) is 3.06. The number of hydrogen-bond acceptors (Lipinski definition) is 1. The molecule has 0 spiro atoms. The van der Waals surface area contributed by atoms with Crippen LogP contribution in [0.1, 0.15) is 37.4 Å². The van der Waals surface area contributed by atoms with Crippen molar-refractivity contribution in [2.75, 3.05) is 0 Å². The van der Waals surface area contributed by atoms with E-state index < -0.39 is 0 Å². The Kier molecular flexibility index (Phi) is 4.88. The van der Waals surface area contributed by atoms with Crippen LogP contribution in [-0.2, 0) is 13.0 Å². The summed E-state index contributed by atoms with van der Waals surface area (Å²) in [5.74, 6) is 0. The number of unbranched alkanes of at least 4 members (excludes halogenated alkanes) is 2. The van der Waals surface area contributed by atoms with E-state index in [2.05, 4.69) is 53.0 Å². The van der Waals surface area contributed by atoms with E-state index in [0.717, 1.165) is 13.0 Å². The van der Waals surface area contributed by atoms with Crippen molar-refractivity contribution in [3.63, 3.8) is 0 Å². The Morgan fingerprint density at radius 1 is 1.11 bits per heavy atom. The quantitative estimate of drug-likeness (QED) is 0.561. The van der Waals surface area contributed by atoms with Crippen molar-refractivity contribution in [1.29, 1.82) is 0 Å². The van der Waals surface area contributed by atoms with Gasteiger partial charge in [0.05, 0.1) is 6.20 Å². The first-order valence-electron chi connectivity index (χ1n) is 6.76. The van der Waals surface area contributed by atoms with Gasteiger partial charge in [0.25, 0.3) is 0 Å². The maximum atomic E-state index is 4.43. The van der Waals surface area contributed by atoms with Gasteiger partial charge in [0, 0.05) is 5.56 Å². The SMILES string of the molecule is CCCCCc1c[n+](Cc2ccccc2)ccn1. The second-order valence-electron chi connectivity index (χ2n) is 4.66. The van der Waals surface area contributed by atoms with Gasteiger partial charge >= 0.3 is 0 Å². The van der Waals surface area contributed by atoms with Crippen LogP contribution in [0.4, 0.5) is 0 Å². The van der Waals surface area contributed by atoms with Gasteiger partial charge in [-0.05, 0) is 12.8 Å². The van der Waals surface area contributed by atoms with Gasteiger partial charge in [-0.3, -0.25) is 0 Å². The first-order valence-corrected chi connectivity index (χ1v) is 6.76. The van der Waals surface area contributed by atoms with Crippen LogP contribution in [0.3, 0.4) is 0 Å². The number of aryl methyl sites for hydroxylation is 1. The van der Waals surface area contributed by atoms with Crippen molar-refractivity contribution in [2.24, 2.45) is 0 Å². The van der Waals surface area contributed by atoms with Crippen molar-refractivity contribution >= 4 is 0 Å². The lowest BCUT2D eigenvalue weighted by atomic mass is 10.1. The fraction of sp³-hybridized carbons (Fsp3) is 0.375. The molecule has 0 saturated heterocycles. The van der Waals surface area contributed by atoms with E-state index in [0.29, 0.717) is 0 Å². The van der Waals surface area contributed by atoms with Gasteiger partial charge in [-0.25, -0.2) is 4.98 Å². The highest BCUT2D eigenvalue weighted by Gasteiger charge is 2.04. The topological polar surface area (TPSA) is 16.8 Å². The molecule has 1 aromatic heterocycles. The highest BCUT2D eigenvalue weighted by molar-refractivity contribution is 5.13. The largest absolute Gasteiger partial charge is 0.249 e. The molecule has 0 N–H and O–H groups in total. The van der Waals surface area contributed by atoms with Crippen LogP contribution >= 0.6 is 0 Å². The lowest BCUT2D eigenvalue weighted by molar-refractivity contribution is -0.689. The van der Waals surface area contributed by atoms with Crippen molar-refractivity contribution in [1.82, 2.24) is 4.98 Å². The predicted octanol–water partition coefficient (Wildman–Crippen LogP) is 3.15. The average molecular weight is 241 g/mol. The monoisotopic (exact) mass is 241 g/mol. The lowest BCUT2D eigenvalue weighted by Crippen LogP contribution is -2.34. The molecule has 0 fully saturated rings. The molecule has 1 aromatic carbocycles. The highest BCUT2D eigenvalue weighted by atomic mass is 15.0. The number of nitrogens with zero attached hydrogens (tertiary/aromatic N) is 2. The fourth-order valence-electron chi connectivity index (χ4n) is 2.06. The summed E-state index contributed by atoms with van der Waals surface area (Å²) in [5.41, 5.74) is 2.52. The van der Waals surface area contributed by atoms with Crippen LogP contribution in [0.5, 0.6) is 0 Å². The highest BCUT2D eigenvalue weighted by Crippen LogP contribution is 2.02. The Morgan fingerprint density at radius 2 is 1.94 bits per heavy atom. The molecule has 0 saturated carbocycles. The minimum Gasteiger partial charge on any atom is -0.249 e. The molecule has 0 atom stereocenters. The molecular formula is C16H21N2+. The number of benzene rings is 1. The summed E-state index contributed by atoms with van der Waals surface area (Å²) in [6.07, 6.45) is 11.0. The fourth-order valence-corrected chi connectivity index (χ4v) is 2.06. The summed E-state index contributed by atoms with van der Waals surface area (Å²) < 4.78 is 2.21. The Labute approximate surface area is 109 Å². The molecule has 2 aromatic rings. The summed E-state index contributed by atoms with van der Waals surface area (Å²) in [5, 5.41) is 0. The van der Waals surface area contributed by atoms with Crippen LogP contribution in [0.25, 0.3) is 0 Å². The van der Waals surface area contributed by atoms with E-state index in [4.69, 9.17) is 0 Å². The molecule has 0 amide bonds. The van der Waals surface area contributed by atoms with E-state index in [1.165, 1.54) is 30.5 Å². The summed E-state index contributed by atoms with van der Waals surface area (Å²) in [4.78, 5) is 4.43. The van der Waals surface area contributed by atoms with Gasteiger partial charge in [0.15, 0.2) is 18.9 Å². The van der Waals surface area contributed by atoms with E-state index >= 15 is 0 Å². The summed E-state index contributed by atoms with van der Waals surface area (Å²) in [6.45, 7) is 3.15. The van der Waals surface area contributed by atoms with Gasteiger partial charge < -0.3 is 0 Å². The molecule has 0 bridgehead atoms. The van der Waals surface area contributed by atoms with Crippen molar-refractivity contribution in [3.8, 4) is 0 Å². The van der Waals surface area contributed by atoms with Crippen LogP contribution in [0.15, 0.2) is 48.9 Å². The molecule has 94 valence electrons. The third kappa shape index (κ3) is 3.95. The van der Waals surface area contributed by atoms with Gasteiger partial charge in [0.2, 0.25) is 0 Å². The smallest absolute Gasteiger partial charge is 0.190 e. The molecule has 0 aliphatic heterocycles. The molecule has 18 heavy (non-hydrogen) atoms. The Balaban J connectivity index is 1.99. The van der Waals surface area contributed by atoms with E-state index in [9.17, 15) is 0 Å². The second kappa shape index (κ2) is 6.90. The zero-order valence-corrected chi connectivity index (χ0v) is 11.0. The number of rotatable bonds is 6. The van der Waals surface area contributed by atoms with Crippen molar-refractivity contribution < 1.29 is 4.57 Å². The molecule has 0 unspecified atom stereocenters. The maximum absolute atomic E-state index is 4.43. The van der Waals surface area contributed by atoms with E-state index in [1.54, 1.807) is 0 Å². The molecule has 2 rings (SSSR count). The molecular weight excluding hydrogens is 220 g/mol.